The van der Waals surface area contributed by atoms with Gasteiger partial charge in [0.2, 0.25) is 0 Å². The molecule has 20 heteroatoms. The molecule has 0 bridgehead atoms. The largest absolute Gasteiger partial charge is 0.493 e. The maximum absolute atomic E-state index is 16.3. The van der Waals surface area contributed by atoms with E-state index in [0.29, 0.717) is 49.5 Å². The van der Waals surface area contributed by atoms with Gasteiger partial charge in [-0.05, 0) is 92.9 Å². The number of benzene rings is 4. The molecule has 1 N–H and O–H groups in total. The van der Waals surface area contributed by atoms with Crippen LogP contribution in [0, 0.1) is 29.3 Å². The van der Waals surface area contributed by atoms with Crippen molar-refractivity contribution in [3.63, 3.8) is 0 Å². The van der Waals surface area contributed by atoms with Crippen molar-refractivity contribution >= 4 is 11.4 Å². The monoisotopic (exact) mass is 975 g/mol. The standard InChI is InChI=1S/C51H56F3N11O6/c1-3-48(35(2)66)65-49(67)64(34-59-65)41-7-5-39(6-8-41)60-16-18-61(19-17-60)40-9-11-42(12-10-40)68-24-36-22-51(71-26-36,29-63-33-56-31-58-63)45-15-13-43(21-47(45)54)69-25-37-23-50(70-27-37,28-62-32-55-30-57-62)44-14-4-38(52)20-46(44)53/h4-15,20-21,30-37,48,66H,3,16-19,22-29H2,1-2H3/t35-,36+,37+,48-,50-,51-/m0/s1. The van der Waals surface area contributed by atoms with E-state index in [1.165, 1.54) is 52.8 Å². The Bertz CT molecular complexity index is 2930. The lowest BCUT2D eigenvalue weighted by Crippen LogP contribution is -2.46. The summed E-state index contributed by atoms with van der Waals surface area (Å²) < 4.78 is 76.7. The Morgan fingerprint density at radius 2 is 1.18 bits per heavy atom. The fourth-order valence-electron chi connectivity index (χ4n) is 10.3. The number of nitrogens with zero attached hydrogens (tertiary/aromatic N) is 11. The number of aliphatic hydroxyl groups excluding tert-OH is 1. The fourth-order valence-corrected chi connectivity index (χ4v) is 10.3. The lowest BCUT2D eigenvalue weighted by atomic mass is 9.86. The predicted molar refractivity (Wildman–Crippen MR) is 255 cm³/mol. The van der Waals surface area contributed by atoms with Crippen LogP contribution < -0.4 is 25.0 Å². The average molecular weight is 976 g/mol. The SMILES string of the molecule is CC[C@@H]([C@H](C)O)n1ncn(-c2ccc(N3CCN(c4ccc(OC[C@@H]5CO[C@@](Cn6cncn6)(c6ccc(OC[C@@H]7CO[C@@](Cn8cncn8)(c8ccc(F)cc8F)C7)cc6F)C5)cc4)CC3)cc2)c1=O. The molecule has 0 saturated carbocycles. The highest BCUT2D eigenvalue weighted by molar-refractivity contribution is 5.55. The highest BCUT2D eigenvalue weighted by atomic mass is 19.1. The van der Waals surface area contributed by atoms with Crippen LogP contribution in [0.15, 0.2) is 121 Å². The Morgan fingerprint density at radius 3 is 1.69 bits per heavy atom. The molecule has 4 aromatic carbocycles. The summed E-state index contributed by atoms with van der Waals surface area (Å²) in [7, 11) is 0. The van der Waals surface area contributed by atoms with Crippen molar-refractivity contribution in [3.05, 3.63) is 156 Å². The molecule has 0 aliphatic carbocycles. The molecule has 71 heavy (non-hydrogen) atoms. The van der Waals surface area contributed by atoms with E-state index >= 15 is 8.78 Å². The molecule has 0 amide bonds. The number of halogens is 3. The third-order valence-electron chi connectivity index (χ3n) is 14.0. The van der Waals surface area contributed by atoms with Crippen LogP contribution in [0.3, 0.4) is 0 Å². The minimum absolute atomic E-state index is 0.0519. The summed E-state index contributed by atoms with van der Waals surface area (Å²) in [5, 5.41) is 22.9. The highest BCUT2D eigenvalue weighted by Crippen LogP contribution is 2.44. The lowest BCUT2D eigenvalue weighted by Gasteiger charge is -2.37. The second-order valence-corrected chi connectivity index (χ2v) is 18.8. The van der Waals surface area contributed by atoms with E-state index in [0.717, 1.165) is 49.4 Å². The first-order valence-corrected chi connectivity index (χ1v) is 24.0. The van der Waals surface area contributed by atoms with Gasteiger partial charge in [0, 0.05) is 72.6 Å². The lowest BCUT2D eigenvalue weighted by molar-refractivity contribution is -0.0207. The summed E-state index contributed by atoms with van der Waals surface area (Å²) in [6.45, 7) is 8.39. The van der Waals surface area contributed by atoms with Crippen LogP contribution in [-0.2, 0) is 33.8 Å². The van der Waals surface area contributed by atoms with Crippen molar-refractivity contribution < 1.29 is 37.2 Å². The van der Waals surface area contributed by atoms with Crippen LogP contribution >= 0.6 is 0 Å². The van der Waals surface area contributed by atoms with Crippen LogP contribution in [0.1, 0.15) is 50.3 Å². The number of anilines is 2. The first-order valence-electron chi connectivity index (χ1n) is 24.0. The quantitative estimate of drug-likeness (QED) is 0.102. The molecular formula is C51H56F3N11O6. The van der Waals surface area contributed by atoms with Crippen LogP contribution in [0.5, 0.6) is 11.5 Å². The molecule has 7 aromatic rings. The van der Waals surface area contributed by atoms with E-state index < -0.39 is 34.8 Å². The Balaban J connectivity index is 0.732. The van der Waals surface area contributed by atoms with Gasteiger partial charge in [-0.25, -0.2) is 46.5 Å². The maximum atomic E-state index is 16.3. The molecule has 3 aliphatic rings. The van der Waals surface area contributed by atoms with Gasteiger partial charge in [0.1, 0.15) is 71.8 Å². The molecule has 6 heterocycles. The minimum atomic E-state index is -1.14. The molecule has 10 rings (SSSR count). The van der Waals surface area contributed by atoms with E-state index in [2.05, 4.69) is 47.2 Å². The van der Waals surface area contributed by atoms with Crippen molar-refractivity contribution in [2.75, 3.05) is 62.4 Å². The number of aliphatic hydroxyl groups is 1. The molecular weight excluding hydrogens is 920 g/mol. The summed E-state index contributed by atoms with van der Waals surface area (Å²) in [6.07, 6.45) is 8.13. The van der Waals surface area contributed by atoms with Crippen molar-refractivity contribution in [1.29, 1.82) is 0 Å². The Morgan fingerprint density at radius 1 is 0.676 bits per heavy atom. The minimum Gasteiger partial charge on any atom is -0.493 e. The topological polar surface area (TPSA) is 165 Å². The number of aromatic nitrogens is 9. The van der Waals surface area contributed by atoms with Gasteiger partial charge in [0.25, 0.3) is 0 Å². The van der Waals surface area contributed by atoms with E-state index in [4.69, 9.17) is 18.9 Å². The summed E-state index contributed by atoms with van der Waals surface area (Å²) in [4.78, 5) is 25.9. The molecule has 3 fully saturated rings. The van der Waals surface area contributed by atoms with E-state index in [9.17, 15) is 14.3 Å². The second-order valence-electron chi connectivity index (χ2n) is 18.8. The Hall–Kier alpha value is -7.03. The summed E-state index contributed by atoms with van der Waals surface area (Å²) >= 11 is 0. The average Bonchev–Trinajstić information content (AvgIpc) is 4.26. The molecule has 372 valence electrons. The fraction of sp³-hybridized carbons (Fsp3) is 0.412. The molecule has 6 atom stereocenters. The van der Waals surface area contributed by atoms with Gasteiger partial charge in [-0.3, -0.25) is 0 Å². The van der Waals surface area contributed by atoms with Crippen LogP contribution in [0.2, 0.25) is 0 Å². The second kappa shape index (κ2) is 20.4. The van der Waals surface area contributed by atoms with Gasteiger partial charge in [-0.15, -0.1) is 0 Å². The van der Waals surface area contributed by atoms with Gasteiger partial charge >= 0.3 is 5.69 Å². The van der Waals surface area contributed by atoms with Crippen LogP contribution in [0.4, 0.5) is 24.5 Å². The predicted octanol–water partition coefficient (Wildman–Crippen LogP) is 6.31. The van der Waals surface area contributed by atoms with Gasteiger partial charge in [0.15, 0.2) is 0 Å². The first-order chi connectivity index (χ1) is 34.5. The van der Waals surface area contributed by atoms with Crippen LogP contribution in [0.25, 0.3) is 5.69 Å². The van der Waals surface area contributed by atoms with Gasteiger partial charge < -0.3 is 33.9 Å². The molecule has 0 unspecified atom stereocenters. The van der Waals surface area contributed by atoms with Gasteiger partial charge in [-0.1, -0.05) is 13.0 Å². The van der Waals surface area contributed by atoms with E-state index in [1.807, 2.05) is 43.3 Å². The van der Waals surface area contributed by atoms with Crippen molar-refractivity contribution in [1.82, 2.24) is 43.9 Å². The number of rotatable bonds is 18. The molecule has 3 aromatic heterocycles. The highest BCUT2D eigenvalue weighted by Gasteiger charge is 2.46. The number of ether oxygens (including phenoxy) is 4. The van der Waals surface area contributed by atoms with E-state index in [-0.39, 0.29) is 55.4 Å². The van der Waals surface area contributed by atoms with Gasteiger partial charge in [-0.2, -0.15) is 15.3 Å². The molecule has 0 spiro atoms. The number of piperazine rings is 1. The maximum Gasteiger partial charge on any atom is 0.350 e. The first kappa shape index (κ1) is 47.6. The Labute approximate surface area is 408 Å². The van der Waals surface area contributed by atoms with Crippen molar-refractivity contribution in [3.8, 4) is 17.2 Å². The zero-order valence-electron chi connectivity index (χ0n) is 39.5. The van der Waals surface area contributed by atoms with E-state index in [1.54, 1.807) is 34.7 Å². The zero-order valence-corrected chi connectivity index (χ0v) is 39.5. The number of hydrogen-bond donors (Lipinski definition) is 1. The summed E-state index contributed by atoms with van der Waals surface area (Å²) in [5.41, 5.74) is 0.994. The molecule has 3 aliphatic heterocycles. The zero-order chi connectivity index (χ0) is 49.1. The van der Waals surface area contributed by atoms with Crippen molar-refractivity contribution in [2.45, 2.75) is 69.5 Å². The summed E-state index contributed by atoms with van der Waals surface area (Å²) in [5.74, 6) is -1.09. The summed E-state index contributed by atoms with van der Waals surface area (Å²) in [6, 6.07) is 23.8. The van der Waals surface area contributed by atoms with Crippen LogP contribution in [-0.4, -0.2) is 108 Å². The molecule has 0 radical (unpaired) electrons. The third-order valence-corrected chi connectivity index (χ3v) is 14.0. The smallest absolute Gasteiger partial charge is 0.350 e. The van der Waals surface area contributed by atoms with Gasteiger partial charge in [0.05, 0.1) is 57.4 Å². The third kappa shape index (κ3) is 10.1. The molecule has 17 nitrogen and oxygen atoms in total. The van der Waals surface area contributed by atoms with Crippen molar-refractivity contribution in [2.24, 2.45) is 11.8 Å². The Kier molecular flexibility index (Phi) is 13.7. The molecule has 3 saturated heterocycles. The number of hydrogen-bond acceptors (Lipinski definition) is 13. The normalized spacial score (nSPS) is 22.2.